The van der Waals surface area contributed by atoms with Gasteiger partial charge in [-0.25, -0.2) is 8.78 Å². The summed E-state index contributed by atoms with van der Waals surface area (Å²) in [5.74, 6) is -0.404. The van der Waals surface area contributed by atoms with E-state index in [1.807, 2.05) is 24.3 Å². The first-order valence-electron chi connectivity index (χ1n) is 6.99. The van der Waals surface area contributed by atoms with Crippen LogP contribution in [0.3, 0.4) is 0 Å². The quantitative estimate of drug-likeness (QED) is 0.811. The zero-order valence-electron chi connectivity index (χ0n) is 11.2. The molecular formula is C17H17F2N. The third kappa shape index (κ3) is 2.82. The van der Waals surface area contributed by atoms with Crippen molar-refractivity contribution in [3.63, 3.8) is 0 Å². The van der Waals surface area contributed by atoms with Crippen molar-refractivity contribution in [1.29, 1.82) is 0 Å². The van der Waals surface area contributed by atoms with Gasteiger partial charge in [-0.05, 0) is 61.2 Å². The number of halogens is 2. The Morgan fingerprint density at radius 3 is 2.15 bits per heavy atom. The van der Waals surface area contributed by atoms with Gasteiger partial charge in [0, 0.05) is 18.3 Å². The predicted molar refractivity (Wildman–Crippen MR) is 76.9 cm³/mol. The normalized spacial score (nSPS) is 18.5. The Balaban J connectivity index is 1.75. The number of hydrogen-bond donors (Lipinski definition) is 0. The maximum atomic E-state index is 13.0. The van der Waals surface area contributed by atoms with Crippen LogP contribution in [-0.2, 0) is 6.42 Å². The Morgan fingerprint density at radius 2 is 1.50 bits per heavy atom. The van der Waals surface area contributed by atoms with Gasteiger partial charge in [-0.2, -0.15) is 0 Å². The number of anilines is 1. The molecule has 0 bridgehead atoms. The van der Waals surface area contributed by atoms with E-state index >= 15 is 0 Å². The topological polar surface area (TPSA) is 3.24 Å². The highest BCUT2D eigenvalue weighted by atomic mass is 19.1. The van der Waals surface area contributed by atoms with Crippen LogP contribution in [0.25, 0.3) is 0 Å². The summed E-state index contributed by atoms with van der Waals surface area (Å²) < 4.78 is 25.9. The van der Waals surface area contributed by atoms with Crippen molar-refractivity contribution >= 4 is 5.69 Å². The van der Waals surface area contributed by atoms with Crippen LogP contribution in [0, 0.1) is 11.6 Å². The summed E-state index contributed by atoms with van der Waals surface area (Å²) in [6, 6.07) is 13.8. The molecular weight excluding hydrogens is 256 g/mol. The van der Waals surface area contributed by atoms with E-state index in [0.29, 0.717) is 6.04 Å². The van der Waals surface area contributed by atoms with Gasteiger partial charge in [0.05, 0.1) is 0 Å². The summed E-state index contributed by atoms with van der Waals surface area (Å²) in [7, 11) is 0. The van der Waals surface area contributed by atoms with E-state index in [0.717, 1.165) is 37.1 Å². The lowest BCUT2D eigenvalue weighted by atomic mass is 10.0. The molecule has 1 heterocycles. The van der Waals surface area contributed by atoms with Gasteiger partial charge < -0.3 is 4.90 Å². The van der Waals surface area contributed by atoms with Gasteiger partial charge in [0.1, 0.15) is 11.6 Å². The molecule has 2 aromatic rings. The van der Waals surface area contributed by atoms with Crippen molar-refractivity contribution in [3.8, 4) is 0 Å². The van der Waals surface area contributed by atoms with Crippen LogP contribution < -0.4 is 4.90 Å². The van der Waals surface area contributed by atoms with E-state index < -0.39 is 0 Å². The Morgan fingerprint density at radius 1 is 0.900 bits per heavy atom. The minimum absolute atomic E-state index is 0.199. The third-order valence-electron chi connectivity index (χ3n) is 3.92. The minimum Gasteiger partial charge on any atom is -0.368 e. The second-order valence-corrected chi connectivity index (χ2v) is 5.30. The van der Waals surface area contributed by atoms with E-state index in [4.69, 9.17) is 0 Å². The lowest BCUT2D eigenvalue weighted by Gasteiger charge is -2.27. The Bertz CT molecular complexity index is 563. The van der Waals surface area contributed by atoms with Crippen molar-refractivity contribution in [3.05, 3.63) is 65.7 Å². The molecule has 2 aromatic carbocycles. The molecule has 1 fully saturated rings. The maximum Gasteiger partial charge on any atom is 0.123 e. The second kappa shape index (κ2) is 5.61. The second-order valence-electron chi connectivity index (χ2n) is 5.30. The molecule has 1 aliphatic heterocycles. The molecule has 1 saturated heterocycles. The van der Waals surface area contributed by atoms with Gasteiger partial charge in [0.2, 0.25) is 0 Å². The van der Waals surface area contributed by atoms with Crippen molar-refractivity contribution in [2.24, 2.45) is 0 Å². The standard InChI is InChI=1S/C17H17F2N/c18-14-5-3-13(4-6-14)12-17-2-1-11-20(17)16-9-7-15(19)8-10-16/h3-10,17H,1-2,11-12H2. The van der Waals surface area contributed by atoms with E-state index in [-0.39, 0.29) is 11.6 Å². The van der Waals surface area contributed by atoms with Crippen LogP contribution >= 0.6 is 0 Å². The maximum absolute atomic E-state index is 13.0. The highest BCUT2D eigenvalue weighted by molar-refractivity contribution is 5.48. The van der Waals surface area contributed by atoms with Crippen molar-refractivity contribution < 1.29 is 8.78 Å². The Labute approximate surface area is 117 Å². The average molecular weight is 273 g/mol. The van der Waals surface area contributed by atoms with Crippen molar-refractivity contribution in [1.82, 2.24) is 0 Å². The lowest BCUT2D eigenvalue weighted by Crippen LogP contribution is -2.30. The first-order valence-corrected chi connectivity index (χ1v) is 6.99. The molecule has 3 heteroatoms. The minimum atomic E-state index is -0.206. The third-order valence-corrected chi connectivity index (χ3v) is 3.92. The number of hydrogen-bond acceptors (Lipinski definition) is 1. The molecule has 104 valence electrons. The average Bonchev–Trinajstić information content (AvgIpc) is 2.90. The monoisotopic (exact) mass is 273 g/mol. The van der Waals surface area contributed by atoms with Gasteiger partial charge >= 0.3 is 0 Å². The van der Waals surface area contributed by atoms with Crippen molar-refractivity contribution in [2.75, 3.05) is 11.4 Å². The molecule has 0 aliphatic carbocycles. The number of benzene rings is 2. The van der Waals surface area contributed by atoms with Crippen LogP contribution in [0.15, 0.2) is 48.5 Å². The molecule has 0 amide bonds. The first kappa shape index (κ1) is 13.1. The molecule has 0 spiro atoms. The summed E-state index contributed by atoms with van der Waals surface area (Å²) in [5.41, 5.74) is 2.21. The van der Waals surface area contributed by atoms with Gasteiger partial charge in [0.25, 0.3) is 0 Å². The summed E-state index contributed by atoms with van der Waals surface area (Å²) >= 11 is 0. The van der Waals surface area contributed by atoms with E-state index in [2.05, 4.69) is 4.90 Å². The smallest absolute Gasteiger partial charge is 0.123 e. The Kier molecular flexibility index (Phi) is 3.68. The molecule has 1 aliphatic rings. The van der Waals surface area contributed by atoms with Gasteiger partial charge in [-0.3, -0.25) is 0 Å². The van der Waals surface area contributed by atoms with Crippen LogP contribution in [-0.4, -0.2) is 12.6 Å². The lowest BCUT2D eigenvalue weighted by molar-refractivity contribution is 0.622. The first-order chi connectivity index (χ1) is 9.72. The summed E-state index contributed by atoms with van der Waals surface area (Å²) in [6.07, 6.45) is 3.16. The fourth-order valence-corrected chi connectivity index (χ4v) is 2.91. The number of rotatable bonds is 3. The molecule has 0 saturated carbocycles. The van der Waals surface area contributed by atoms with Gasteiger partial charge in [0.15, 0.2) is 0 Å². The molecule has 3 rings (SSSR count). The molecule has 0 aromatic heterocycles. The molecule has 0 radical (unpaired) electrons. The SMILES string of the molecule is Fc1ccc(CC2CCCN2c2ccc(F)cc2)cc1. The fraction of sp³-hybridized carbons (Fsp3) is 0.294. The van der Waals surface area contributed by atoms with E-state index in [1.165, 1.54) is 24.3 Å². The van der Waals surface area contributed by atoms with Gasteiger partial charge in [-0.1, -0.05) is 12.1 Å². The predicted octanol–water partition coefficient (Wildman–Crippen LogP) is 4.18. The fourth-order valence-electron chi connectivity index (χ4n) is 2.91. The Hall–Kier alpha value is -1.90. The molecule has 1 unspecified atom stereocenters. The van der Waals surface area contributed by atoms with Gasteiger partial charge in [-0.15, -0.1) is 0 Å². The van der Waals surface area contributed by atoms with Crippen LogP contribution in [0.2, 0.25) is 0 Å². The van der Waals surface area contributed by atoms with Crippen molar-refractivity contribution in [2.45, 2.75) is 25.3 Å². The van der Waals surface area contributed by atoms with E-state index in [1.54, 1.807) is 0 Å². The van der Waals surface area contributed by atoms with Crippen LogP contribution in [0.4, 0.5) is 14.5 Å². The zero-order valence-corrected chi connectivity index (χ0v) is 11.2. The molecule has 20 heavy (non-hydrogen) atoms. The summed E-state index contributed by atoms with van der Waals surface area (Å²) in [4.78, 5) is 2.32. The molecule has 1 nitrogen and oxygen atoms in total. The highest BCUT2D eigenvalue weighted by Crippen LogP contribution is 2.27. The number of nitrogens with zero attached hydrogens (tertiary/aromatic N) is 1. The highest BCUT2D eigenvalue weighted by Gasteiger charge is 2.24. The van der Waals surface area contributed by atoms with E-state index in [9.17, 15) is 8.78 Å². The zero-order chi connectivity index (χ0) is 13.9. The largest absolute Gasteiger partial charge is 0.368 e. The molecule has 0 N–H and O–H groups in total. The van der Waals surface area contributed by atoms with Crippen LogP contribution in [0.1, 0.15) is 18.4 Å². The summed E-state index contributed by atoms with van der Waals surface area (Å²) in [5, 5.41) is 0. The summed E-state index contributed by atoms with van der Waals surface area (Å²) in [6.45, 7) is 0.998. The van der Waals surface area contributed by atoms with Crippen LogP contribution in [0.5, 0.6) is 0 Å². The molecule has 1 atom stereocenters.